The third-order valence-electron chi connectivity index (χ3n) is 10.5. The Kier molecular flexibility index (Phi) is 12.6. The molecule has 4 fully saturated rings. The number of H-pyrrole nitrogens is 1. The number of rotatable bonds is 8. The van der Waals surface area contributed by atoms with Crippen molar-refractivity contribution in [3.63, 3.8) is 0 Å². The summed E-state index contributed by atoms with van der Waals surface area (Å²) in [4.78, 5) is 0.149. The molecule has 18 heteroatoms. The highest BCUT2D eigenvalue weighted by atomic mass is 32.2. The van der Waals surface area contributed by atoms with Gasteiger partial charge in [-0.05, 0) is 102 Å². The summed E-state index contributed by atoms with van der Waals surface area (Å²) >= 11 is 0. The first-order valence-corrected chi connectivity index (χ1v) is 20.0. The average molecular weight is 789 g/mol. The second-order valence-corrected chi connectivity index (χ2v) is 18.8. The minimum atomic E-state index is -3.74. The van der Waals surface area contributed by atoms with Crippen molar-refractivity contribution in [3.8, 4) is 0 Å². The Hall–Kier alpha value is -2.64. The molecule has 0 bridgehead atoms. The Morgan fingerprint density at radius 1 is 0.745 bits per heavy atom. The topological polar surface area (TPSA) is 164 Å². The van der Waals surface area contributed by atoms with Crippen LogP contribution >= 0.6 is 0 Å². The van der Waals surface area contributed by atoms with E-state index in [9.17, 15) is 8.42 Å². The van der Waals surface area contributed by atoms with Gasteiger partial charge in [-0.1, -0.05) is 17.7 Å². The van der Waals surface area contributed by atoms with Gasteiger partial charge in [-0.3, -0.25) is 14.0 Å². The van der Waals surface area contributed by atoms with E-state index >= 15 is 0 Å². The van der Waals surface area contributed by atoms with Crippen molar-refractivity contribution in [2.45, 2.75) is 148 Å². The summed E-state index contributed by atoms with van der Waals surface area (Å²) in [7, 11) is -4.42. The molecule has 4 aliphatic heterocycles. The standard InChI is InChI=1S/C15H25BN2O4.C13H18O5S.C9H15BN2O2/c1-13(2)14(3,4)22-16(21-13)11-7-17-18(8-11)9-12-10-19-15(5,6)20-12;1-10-4-6-12(7-5-10)19(14,15)17-9-11-8-16-13(2,3)18-11;1-8(2)9(3,4)14-10(13-8)7-5-11-12-6-7/h7-8,12H,9-10H2,1-6H3;4-7,11H,8-9H2,1-3H3;5-6H,1-4H3,(H,11,12)/t12-;11-;/m01./s1. The molecule has 15 nitrogen and oxygen atoms in total. The number of nitrogens with one attached hydrogen (secondary N) is 1. The maximum Gasteiger partial charge on any atom is 0.498 e. The highest BCUT2D eigenvalue weighted by molar-refractivity contribution is 7.86. The van der Waals surface area contributed by atoms with Crippen LogP contribution in [0.5, 0.6) is 0 Å². The number of ether oxygens (including phenoxy) is 4. The van der Waals surface area contributed by atoms with Crippen molar-refractivity contribution in [1.82, 2.24) is 20.0 Å². The molecule has 4 aliphatic rings. The summed E-state index contributed by atoms with van der Waals surface area (Å²) in [6, 6.07) is 6.52. The van der Waals surface area contributed by atoms with E-state index in [-0.39, 0.29) is 60.4 Å². The first kappa shape index (κ1) is 43.5. The fourth-order valence-electron chi connectivity index (χ4n) is 5.79. The fourth-order valence-corrected chi connectivity index (χ4v) is 6.73. The van der Waals surface area contributed by atoms with Crippen LogP contribution in [-0.4, -0.2) is 109 Å². The van der Waals surface area contributed by atoms with E-state index < -0.39 is 21.7 Å². The third-order valence-corrected chi connectivity index (χ3v) is 11.8. The molecule has 0 unspecified atom stereocenters. The van der Waals surface area contributed by atoms with Gasteiger partial charge in [0.15, 0.2) is 11.6 Å². The number of hydrogen-bond acceptors (Lipinski definition) is 13. The second kappa shape index (κ2) is 16.0. The van der Waals surface area contributed by atoms with Crippen LogP contribution in [-0.2, 0) is 58.4 Å². The van der Waals surface area contributed by atoms with Gasteiger partial charge in [0.25, 0.3) is 10.1 Å². The van der Waals surface area contributed by atoms with Crippen LogP contribution in [0.3, 0.4) is 0 Å². The lowest BCUT2D eigenvalue weighted by Gasteiger charge is -2.32. The summed E-state index contributed by atoms with van der Waals surface area (Å²) in [6.45, 7) is 27.1. The summed E-state index contributed by atoms with van der Waals surface area (Å²) in [5.74, 6) is -1.19. The van der Waals surface area contributed by atoms with Gasteiger partial charge in [-0.25, -0.2) is 0 Å². The zero-order valence-corrected chi connectivity index (χ0v) is 35.3. The van der Waals surface area contributed by atoms with Gasteiger partial charge < -0.3 is 37.6 Å². The quantitative estimate of drug-likeness (QED) is 0.259. The molecule has 0 aliphatic carbocycles. The molecule has 0 spiro atoms. The Morgan fingerprint density at radius 3 is 1.69 bits per heavy atom. The van der Waals surface area contributed by atoms with E-state index in [0.29, 0.717) is 19.8 Å². The van der Waals surface area contributed by atoms with Crippen molar-refractivity contribution in [2.75, 3.05) is 19.8 Å². The molecule has 2 atom stereocenters. The minimum Gasteiger partial charge on any atom is -0.399 e. The number of hydrogen-bond donors (Lipinski definition) is 1. The van der Waals surface area contributed by atoms with Crippen LogP contribution in [0.15, 0.2) is 53.9 Å². The van der Waals surface area contributed by atoms with Crippen LogP contribution in [0, 0.1) is 6.92 Å². The Bertz CT molecular complexity index is 1800. The summed E-state index contributed by atoms with van der Waals surface area (Å²) in [5.41, 5.74) is 1.61. The third kappa shape index (κ3) is 10.9. The number of aromatic amines is 1. The number of benzene rings is 1. The first-order valence-electron chi connectivity index (χ1n) is 18.6. The number of aromatic nitrogens is 4. The van der Waals surface area contributed by atoms with Crippen LogP contribution in [0.4, 0.5) is 0 Å². The number of nitrogens with zero attached hydrogens (tertiary/aromatic N) is 3. The molecular formula is C37H58B2N4O11S. The molecule has 7 rings (SSSR count). The Morgan fingerprint density at radius 2 is 1.24 bits per heavy atom. The molecule has 0 radical (unpaired) electrons. The van der Waals surface area contributed by atoms with Crippen LogP contribution in [0.2, 0.25) is 0 Å². The molecule has 55 heavy (non-hydrogen) atoms. The predicted molar refractivity (Wildman–Crippen MR) is 206 cm³/mol. The Labute approximate surface area is 326 Å². The van der Waals surface area contributed by atoms with Crippen molar-refractivity contribution >= 4 is 35.3 Å². The number of aryl methyl sites for hydroxylation is 1. The zero-order chi connectivity index (χ0) is 40.7. The van der Waals surface area contributed by atoms with Crippen LogP contribution in [0.25, 0.3) is 0 Å². The molecule has 0 saturated carbocycles. The SMILES string of the molecule is CC1(C)OB(c2cn[nH]c2)OC1(C)C.CC1(C)OC[C@H](Cn2cc(B3OC(C)(C)C(C)(C)O3)cn2)O1.Cc1ccc(S(=O)(=O)OC[C@H]2COC(C)(C)O2)cc1. The molecule has 0 amide bonds. The van der Waals surface area contributed by atoms with Crippen LogP contribution in [0.1, 0.15) is 88.6 Å². The minimum absolute atomic E-state index is 0.0149. The highest BCUT2D eigenvalue weighted by Crippen LogP contribution is 2.37. The lowest BCUT2D eigenvalue weighted by Crippen LogP contribution is -2.41. The van der Waals surface area contributed by atoms with Crippen LogP contribution < -0.4 is 10.9 Å². The molecule has 3 aromatic rings. The van der Waals surface area contributed by atoms with Gasteiger partial charge in [0.1, 0.15) is 12.2 Å². The van der Waals surface area contributed by atoms with Gasteiger partial charge in [-0.15, -0.1) is 0 Å². The fraction of sp³-hybridized carbons (Fsp3) is 0.676. The first-order chi connectivity index (χ1) is 25.3. The van der Waals surface area contributed by atoms with Gasteiger partial charge >= 0.3 is 14.2 Å². The van der Waals surface area contributed by atoms with Crippen molar-refractivity contribution < 1.29 is 50.2 Å². The van der Waals surface area contributed by atoms with Gasteiger partial charge in [0.2, 0.25) is 0 Å². The van der Waals surface area contributed by atoms with E-state index in [0.717, 1.165) is 16.5 Å². The maximum atomic E-state index is 11.9. The van der Waals surface area contributed by atoms with Gasteiger partial charge in [0, 0.05) is 35.7 Å². The largest absolute Gasteiger partial charge is 0.498 e. The summed E-state index contributed by atoms with van der Waals surface area (Å²) in [6.07, 6.45) is 6.92. The predicted octanol–water partition coefficient (Wildman–Crippen LogP) is 3.89. The lowest BCUT2D eigenvalue weighted by molar-refractivity contribution is -0.141. The molecule has 304 valence electrons. The van der Waals surface area contributed by atoms with Crippen molar-refractivity contribution in [2.24, 2.45) is 0 Å². The Balaban J connectivity index is 0.000000162. The van der Waals surface area contributed by atoms with Crippen molar-refractivity contribution in [1.29, 1.82) is 0 Å². The molecule has 4 saturated heterocycles. The summed E-state index contributed by atoms with van der Waals surface area (Å²) in [5, 5.41) is 11.0. The average Bonchev–Trinajstić information content (AvgIpc) is 3.91. The molecule has 2 aromatic heterocycles. The van der Waals surface area contributed by atoms with Gasteiger partial charge in [0.05, 0.1) is 53.7 Å². The normalized spacial score (nSPS) is 25.6. The monoisotopic (exact) mass is 788 g/mol. The van der Waals surface area contributed by atoms with Gasteiger partial charge in [-0.2, -0.15) is 18.6 Å². The smallest absolute Gasteiger partial charge is 0.399 e. The molecule has 6 heterocycles. The molecule has 1 N–H and O–H groups in total. The molecule has 1 aromatic carbocycles. The second-order valence-electron chi connectivity index (χ2n) is 17.2. The van der Waals surface area contributed by atoms with Crippen molar-refractivity contribution in [3.05, 3.63) is 54.6 Å². The molecular weight excluding hydrogens is 730 g/mol. The highest BCUT2D eigenvalue weighted by Gasteiger charge is 2.53. The summed E-state index contributed by atoms with van der Waals surface area (Å²) < 4.78 is 76.7. The van der Waals surface area contributed by atoms with E-state index in [1.54, 1.807) is 44.6 Å². The lowest BCUT2D eigenvalue weighted by atomic mass is 9.82. The van der Waals surface area contributed by atoms with E-state index in [1.165, 1.54) is 12.1 Å². The maximum absolute atomic E-state index is 11.9. The van der Waals surface area contributed by atoms with E-state index in [1.807, 2.05) is 87.0 Å². The van der Waals surface area contributed by atoms with E-state index in [2.05, 4.69) is 15.3 Å². The van der Waals surface area contributed by atoms with E-state index in [4.69, 9.17) is 41.7 Å². The zero-order valence-electron chi connectivity index (χ0n) is 34.5.